The van der Waals surface area contributed by atoms with Gasteiger partial charge in [-0.3, -0.25) is 0 Å². The summed E-state index contributed by atoms with van der Waals surface area (Å²) in [7, 11) is 0. The monoisotopic (exact) mass is 838 g/mol. The van der Waals surface area contributed by atoms with E-state index >= 15 is 0 Å². The minimum Gasteiger partial charge on any atom is -0.310 e. The van der Waals surface area contributed by atoms with Gasteiger partial charge in [0.05, 0.1) is 11.0 Å². The number of rotatable bonds is 9. The predicted molar refractivity (Wildman–Crippen MR) is 276 cm³/mol. The summed E-state index contributed by atoms with van der Waals surface area (Å²) < 4.78 is 2.39. The van der Waals surface area contributed by atoms with Crippen molar-refractivity contribution >= 4 is 49.6 Å². The molecule has 65 heavy (non-hydrogen) atoms. The first-order valence-corrected chi connectivity index (χ1v) is 23.9. The Morgan fingerprint density at radius 2 is 1.02 bits per heavy atom. The highest BCUT2D eigenvalue weighted by atomic mass is 15.1. The van der Waals surface area contributed by atoms with E-state index in [4.69, 9.17) is 0 Å². The Hall–Kier alpha value is -7.16. The van der Waals surface area contributed by atoms with Crippen LogP contribution in [0, 0.1) is 11.8 Å². The van der Waals surface area contributed by atoms with Gasteiger partial charge in [0.15, 0.2) is 0 Å². The molecule has 316 valence electrons. The lowest BCUT2D eigenvalue weighted by Crippen LogP contribution is -2.38. The second-order valence-electron chi connectivity index (χ2n) is 18.9. The van der Waals surface area contributed by atoms with E-state index in [2.05, 4.69) is 229 Å². The smallest absolute Gasteiger partial charge is 0.0542 e. The first-order valence-electron chi connectivity index (χ1n) is 23.9. The highest BCUT2D eigenvalue weighted by molar-refractivity contribution is 6.11. The van der Waals surface area contributed by atoms with E-state index in [1.54, 1.807) is 5.56 Å². The molecule has 2 bridgehead atoms. The molecular weight excluding hydrogens is 785 g/mol. The van der Waals surface area contributed by atoms with Gasteiger partial charge in [-0.15, -0.1) is 0 Å². The number of benzene rings is 9. The van der Waals surface area contributed by atoms with Crippen LogP contribution in [0.25, 0.3) is 71.6 Å². The molecule has 0 aliphatic heterocycles. The maximum atomic E-state index is 2.46. The van der Waals surface area contributed by atoms with Crippen LogP contribution < -0.4 is 4.90 Å². The van der Waals surface area contributed by atoms with Crippen molar-refractivity contribution in [3.63, 3.8) is 0 Å². The Morgan fingerprint density at radius 1 is 0.477 bits per heavy atom. The molecule has 2 unspecified atom stereocenters. The summed E-state index contributed by atoms with van der Waals surface area (Å²) in [6.07, 6.45) is 9.70. The Kier molecular flexibility index (Phi) is 9.97. The Balaban J connectivity index is 0.945. The molecule has 0 spiro atoms. The van der Waals surface area contributed by atoms with Gasteiger partial charge in [-0.2, -0.15) is 0 Å². The molecule has 2 saturated carbocycles. The van der Waals surface area contributed by atoms with Gasteiger partial charge in [0.2, 0.25) is 0 Å². The molecule has 2 nitrogen and oxygen atoms in total. The summed E-state index contributed by atoms with van der Waals surface area (Å²) in [5, 5.41) is 5.00. The van der Waals surface area contributed by atoms with Gasteiger partial charge in [-0.05, 0) is 153 Å². The van der Waals surface area contributed by atoms with Gasteiger partial charge >= 0.3 is 0 Å². The van der Waals surface area contributed by atoms with Crippen molar-refractivity contribution in [1.82, 2.24) is 4.57 Å². The molecule has 2 heteroatoms. The van der Waals surface area contributed by atoms with E-state index in [0.29, 0.717) is 5.41 Å². The second-order valence-corrected chi connectivity index (χ2v) is 18.9. The summed E-state index contributed by atoms with van der Waals surface area (Å²) in [4.78, 5) is 2.42. The molecule has 2 atom stereocenters. The van der Waals surface area contributed by atoms with Crippen LogP contribution in [-0.4, -0.2) is 4.57 Å². The predicted octanol–water partition coefficient (Wildman–Crippen LogP) is 17.7. The molecule has 9 aromatic carbocycles. The summed E-state index contributed by atoms with van der Waals surface area (Å²) in [5.74, 6) is 1.81. The molecular formula is C63H54N2. The van der Waals surface area contributed by atoms with Gasteiger partial charge in [-0.1, -0.05) is 178 Å². The fourth-order valence-electron chi connectivity index (χ4n) is 12.1. The fourth-order valence-corrected chi connectivity index (χ4v) is 12.1. The average Bonchev–Trinajstić information content (AvgIpc) is 3.70. The zero-order chi connectivity index (χ0) is 43.3. The molecule has 0 amide bonds. The van der Waals surface area contributed by atoms with Gasteiger partial charge in [-0.25, -0.2) is 0 Å². The molecule has 0 N–H and O–H groups in total. The molecule has 2 aliphatic carbocycles. The lowest BCUT2D eigenvalue weighted by Gasteiger charge is -2.47. The average molecular weight is 839 g/mol. The number of para-hydroxylation sites is 2. The maximum absolute atomic E-state index is 2.46. The number of hydrogen-bond acceptors (Lipinski definition) is 1. The summed E-state index contributed by atoms with van der Waals surface area (Å²) in [6.45, 7) is 2.43. The third kappa shape index (κ3) is 7.04. The Morgan fingerprint density at radius 3 is 1.66 bits per heavy atom. The second kappa shape index (κ2) is 16.4. The number of hydrogen-bond donors (Lipinski definition) is 0. The van der Waals surface area contributed by atoms with Crippen LogP contribution in [-0.2, 0) is 5.41 Å². The van der Waals surface area contributed by atoms with Crippen LogP contribution in [0.2, 0.25) is 0 Å². The van der Waals surface area contributed by atoms with Crippen molar-refractivity contribution in [3.05, 3.63) is 218 Å². The van der Waals surface area contributed by atoms with Crippen LogP contribution in [0.1, 0.15) is 57.4 Å². The third-order valence-electron chi connectivity index (χ3n) is 15.2. The van der Waals surface area contributed by atoms with Crippen molar-refractivity contribution in [3.8, 4) is 39.1 Å². The highest BCUT2D eigenvalue weighted by Crippen LogP contribution is 2.52. The van der Waals surface area contributed by atoms with Gasteiger partial charge in [0.25, 0.3) is 0 Å². The van der Waals surface area contributed by atoms with Gasteiger partial charge in [0, 0.05) is 33.5 Å². The maximum Gasteiger partial charge on any atom is 0.0542 e. The quantitative estimate of drug-likeness (QED) is 0.141. The lowest BCUT2D eigenvalue weighted by molar-refractivity contribution is 0.106. The summed E-state index contributed by atoms with van der Waals surface area (Å²) in [6, 6.07) is 78.7. The van der Waals surface area contributed by atoms with Crippen molar-refractivity contribution in [2.45, 2.75) is 57.3 Å². The highest BCUT2D eigenvalue weighted by Gasteiger charge is 2.42. The van der Waals surface area contributed by atoms with Crippen molar-refractivity contribution in [2.75, 3.05) is 4.90 Å². The zero-order valence-electron chi connectivity index (χ0n) is 37.2. The molecule has 12 rings (SSSR count). The Bertz CT molecular complexity index is 3270. The first kappa shape index (κ1) is 39.4. The van der Waals surface area contributed by atoms with Crippen LogP contribution in [0.15, 0.2) is 212 Å². The molecule has 0 saturated heterocycles. The van der Waals surface area contributed by atoms with Crippen molar-refractivity contribution in [2.24, 2.45) is 11.8 Å². The van der Waals surface area contributed by atoms with Crippen LogP contribution in [0.4, 0.5) is 17.1 Å². The normalized spacial score (nSPS) is 18.3. The Labute approximate surface area is 383 Å². The van der Waals surface area contributed by atoms with Gasteiger partial charge < -0.3 is 9.47 Å². The zero-order valence-corrected chi connectivity index (χ0v) is 37.2. The number of anilines is 3. The molecule has 10 aromatic rings. The summed E-state index contributed by atoms with van der Waals surface area (Å²) >= 11 is 0. The molecule has 0 radical (unpaired) electrons. The van der Waals surface area contributed by atoms with E-state index in [0.717, 1.165) is 34.6 Å². The number of aromatic nitrogens is 1. The van der Waals surface area contributed by atoms with Crippen molar-refractivity contribution in [1.29, 1.82) is 0 Å². The van der Waals surface area contributed by atoms with E-state index in [9.17, 15) is 0 Å². The SMILES string of the molecule is CCC1(c2ccc(-c3ccc(N(c4ccc(-c5cccc6cccc(-c7ccccc7)c56)cc4)c4ccc5c(c4)c4ccccc4n5-c4ccccc4)cc3)cc2)CC2CCCC(C2)C1. The summed E-state index contributed by atoms with van der Waals surface area (Å²) in [5.41, 5.74) is 16.2. The van der Waals surface area contributed by atoms with Gasteiger partial charge in [0.1, 0.15) is 0 Å². The standard InChI is InChI=1S/C63H54N2/c1-2-63(42-44-14-11-15-45(40-44)43-63)51-32-26-46(27-33-51)47-28-34-53(35-29-47)64(55-38-39-61-59(41-55)58-22-9-10-25-60(58)65(61)52-20-7-4-8-21-52)54-36-30-49(31-37-54)57-24-13-19-50-18-12-23-56(62(50)57)48-16-5-3-6-17-48/h3-10,12-13,16-39,41,44-45H,2,11,14-15,40,42-43H2,1H3. The fraction of sp³-hybridized carbons (Fsp3) is 0.175. The number of nitrogens with zero attached hydrogens (tertiary/aromatic N) is 2. The topological polar surface area (TPSA) is 8.17 Å². The van der Waals surface area contributed by atoms with Crippen LogP contribution in [0.5, 0.6) is 0 Å². The minimum atomic E-state index is 0.332. The van der Waals surface area contributed by atoms with Crippen molar-refractivity contribution < 1.29 is 0 Å². The molecule has 2 aliphatic rings. The first-order chi connectivity index (χ1) is 32.1. The third-order valence-corrected chi connectivity index (χ3v) is 15.2. The minimum absolute atomic E-state index is 0.332. The lowest BCUT2D eigenvalue weighted by atomic mass is 9.57. The number of fused-ring (bicyclic) bond motifs is 6. The molecule has 2 fully saturated rings. The molecule has 1 aromatic heterocycles. The largest absolute Gasteiger partial charge is 0.310 e. The van der Waals surface area contributed by atoms with E-state index in [1.165, 1.54) is 111 Å². The molecule has 1 heterocycles. The van der Waals surface area contributed by atoms with E-state index < -0.39 is 0 Å². The van der Waals surface area contributed by atoms with E-state index in [-0.39, 0.29) is 0 Å². The van der Waals surface area contributed by atoms with E-state index in [1.807, 2.05) is 0 Å². The van der Waals surface area contributed by atoms with Crippen LogP contribution >= 0.6 is 0 Å². The van der Waals surface area contributed by atoms with Crippen LogP contribution in [0.3, 0.4) is 0 Å².